The summed E-state index contributed by atoms with van der Waals surface area (Å²) in [5.41, 5.74) is 0. The molecule has 0 aliphatic carbocycles. The first-order valence-electron chi connectivity index (χ1n) is 19.8. The number of rotatable bonds is 35. The highest BCUT2D eigenvalue weighted by molar-refractivity contribution is 6.73. The molecule has 0 rings (SSSR count). The Labute approximate surface area is 264 Å². The van der Waals surface area contributed by atoms with E-state index in [0.29, 0.717) is 0 Å². The molecule has 1 nitrogen and oxygen atoms in total. The summed E-state index contributed by atoms with van der Waals surface area (Å²) in [5, 5.41) is 0. The highest BCUT2D eigenvalue weighted by Crippen LogP contribution is 2.17. The average Bonchev–Trinajstić information content (AvgIpc) is 2.95. The van der Waals surface area contributed by atoms with Gasteiger partial charge in [-0.25, -0.2) is 0 Å². The minimum Gasteiger partial charge on any atom is -0.324 e. The van der Waals surface area contributed by atoms with Crippen molar-refractivity contribution in [2.75, 3.05) is 13.1 Å². The molecule has 0 fully saturated rings. The number of unbranched alkanes of at least 4 members (excludes halogenated alkanes) is 30. The Morgan fingerprint density at radius 2 is 0.439 bits per heavy atom. The van der Waals surface area contributed by atoms with E-state index in [0.717, 1.165) is 0 Å². The first-order valence-corrected chi connectivity index (χ1v) is 23.2. The summed E-state index contributed by atoms with van der Waals surface area (Å²) < 4.78 is 2.92. The maximum atomic E-state index is 2.92. The Morgan fingerprint density at radius 3 is 0.610 bits per heavy atom. The number of hydrogen-bond acceptors (Lipinski definition) is 1. The van der Waals surface area contributed by atoms with E-state index in [4.69, 9.17) is 0 Å². The molecule has 0 aromatic rings. The van der Waals surface area contributed by atoms with Crippen LogP contribution in [0.2, 0.25) is 19.6 Å². The first kappa shape index (κ1) is 41.2. The second-order valence-corrected chi connectivity index (χ2v) is 19.7. The molecule has 0 aliphatic heterocycles. The zero-order chi connectivity index (χ0) is 30.1. The maximum absolute atomic E-state index is 2.92. The van der Waals surface area contributed by atoms with Crippen LogP contribution in [-0.4, -0.2) is 25.9 Å². The van der Waals surface area contributed by atoms with Crippen LogP contribution in [0.4, 0.5) is 0 Å². The summed E-state index contributed by atoms with van der Waals surface area (Å²) in [5.74, 6) is 0. The summed E-state index contributed by atoms with van der Waals surface area (Å²) in [6.07, 6.45) is 46.9. The second-order valence-electron chi connectivity index (χ2n) is 14.8. The molecule has 0 bridgehead atoms. The predicted octanol–water partition coefficient (Wildman–Crippen LogP) is 14.6. The molecule has 0 N–H and O–H groups in total. The molecular weight excluding hydrogens is 511 g/mol. The van der Waals surface area contributed by atoms with Crippen LogP contribution in [0.5, 0.6) is 0 Å². The molecule has 0 atom stereocenters. The van der Waals surface area contributed by atoms with Gasteiger partial charge in [0.25, 0.3) is 0 Å². The van der Waals surface area contributed by atoms with E-state index in [1.54, 1.807) is 0 Å². The molecule has 41 heavy (non-hydrogen) atoms. The Hall–Kier alpha value is 0.177. The standard InChI is InChI=1S/C39H83NSi/c1-6-8-10-12-14-16-18-20-22-24-26-28-30-32-34-36-38-40(41(3,4)5)39-37-35-33-31-29-27-25-23-21-19-17-15-13-11-9-7-2/h6-39H2,1-5H3. The van der Waals surface area contributed by atoms with Crippen molar-refractivity contribution in [3.05, 3.63) is 0 Å². The van der Waals surface area contributed by atoms with Crippen LogP contribution in [0, 0.1) is 0 Å². The van der Waals surface area contributed by atoms with E-state index in [-0.39, 0.29) is 0 Å². The minimum absolute atomic E-state index is 1.17. The van der Waals surface area contributed by atoms with Crippen LogP contribution < -0.4 is 0 Å². The van der Waals surface area contributed by atoms with E-state index in [2.05, 4.69) is 38.1 Å². The van der Waals surface area contributed by atoms with Crippen LogP contribution in [-0.2, 0) is 0 Å². The van der Waals surface area contributed by atoms with Gasteiger partial charge in [-0.2, -0.15) is 0 Å². The molecule has 0 amide bonds. The molecule has 0 aromatic heterocycles. The molecule has 0 spiro atoms. The molecule has 2 heteroatoms. The minimum atomic E-state index is -1.17. The van der Waals surface area contributed by atoms with Crippen LogP contribution in [0.3, 0.4) is 0 Å². The molecule has 0 heterocycles. The van der Waals surface area contributed by atoms with Gasteiger partial charge in [0.2, 0.25) is 0 Å². The molecule has 248 valence electrons. The van der Waals surface area contributed by atoms with E-state index in [1.807, 2.05) is 0 Å². The smallest absolute Gasteiger partial charge is 0.119 e. The van der Waals surface area contributed by atoms with Gasteiger partial charge in [-0.1, -0.05) is 226 Å². The normalized spacial score (nSPS) is 12.1. The summed E-state index contributed by atoms with van der Waals surface area (Å²) >= 11 is 0. The van der Waals surface area contributed by atoms with Gasteiger partial charge in [0.05, 0.1) is 0 Å². The van der Waals surface area contributed by atoms with E-state index in [1.165, 1.54) is 219 Å². The fourth-order valence-electron chi connectivity index (χ4n) is 6.48. The fraction of sp³-hybridized carbons (Fsp3) is 1.00. The Morgan fingerprint density at radius 1 is 0.268 bits per heavy atom. The molecule has 0 aliphatic rings. The molecule has 0 saturated carbocycles. The van der Waals surface area contributed by atoms with Gasteiger partial charge in [-0.15, -0.1) is 0 Å². The second kappa shape index (κ2) is 33.1. The Kier molecular flexibility index (Phi) is 33.2. The lowest BCUT2D eigenvalue weighted by molar-refractivity contribution is 0.387. The summed E-state index contributed by atoms with van der Waals surface area (Å²) in [6.45, 7) is 15.0. The van der Waals surface area contributed by atoms with E-state index in [9.17, 15) is 0 Å². The van der Waals surface area contributed by atoms with Crippen LogP contribution >= 0.6 is 0 Å². The Balaban J connectivity index is 3.49. The summed E-state index contributed by atoms with van der Waals surface area (Å²) in [7, 11) is -1.17. The van der Waals surface area contributed by atoms with Gasteiger partial charge in [0.1, 0.15) is 8.24 Å². The monoisotopic (exact) mass is 594 g/mol. The average molecular weight is 594 g/mol. The third-order valence-electron chi connectivity index (χ3n) is 9.51. The Bertz CT molecular complexity index is 435. The van der Waals surface area contributed by atoms with E-state index < -0.39 is 8.24 Å². The van der Waals surface area contributed by atoms with Gasteiger partial charge in [0, 0.05) is 0 Å². The molecule has 0 unspecified atom stereocenters. The summed E-state index contributed by atoms with van der Waals surface area (Å²) in [6, 6.07) is 0. The largest absolute Gasteiger partial charge is 0.324 e. The van der Waals surface area contributed by atoms with Gasteiger partial charge >= 0.3 is 0 Å². The van der Waals surface area contributed by atoms with Crippen molar-refractivity contribution in [3.63, 3.8) is 0 Å². The number of nitrogens with zero attached hydrogens (tertiary/aromatic N) is 1. The van der Waals surface area contributed by atoms with Crippen molar-refractivity contribution < 1.29 is 0 Å². The van der Waals surface area contributed by atoms with Crippen LogP contribution in [0.25, 0.3) is 0 Å². The van der Waals surface area contributed by atoms with Crippen LogP contribution in [0.1, 0.15) is 219 Å². The zero-order valence-corrected chi connectivity index (χ0v) is 31.0. The van der Waals surface area contributed by atoms with Crippen molar-refractivity contribution in [1.82, 2.24) is 4.57 Å². The molecular formula is C39H83NSi. The lowest BCUT2D eigenvalue weighted by Gasteiger charge is -2.34. The fourth-order valence-corrected chi connectivity index (χ4v) is 8.14. The van der Waals surface area contributed by atoms with Gasteiger partial charge < -0.3 is 4.57 Å². The van der Waals surface area contributed by atoms with Crippen molar-refractivity contribution in [3.8, 4) is 0 Å². The maximum Gasteiger partial charge on any atom is 0.119 e. The van der Waals surface area contributed by atoms with Crippen molar-refractivity contribution in [2.24, 2.45) is 0 Å². The lowest BCUT2D eigenvalue weighted by atomic mass is 10.0. The zero-order valence-electron chi connectivity index (χ0n) is 30.0. The lowest BCUT2D eigenvalue weighted by Crippen LogP contribution is -2.47. The highest BCUT2D eigenvalue weighted by Gasteiger charge is 2.22. The molecule has 0 aromatic carbocycles. The molecule has 0 radical (unpaired) electrons. The number of hydrogen-bond donors (Lipinski definition) is 0. The first-order chi connectivity index (χ1) is 20.0. The third-order valence-corrected chi connectivity index (χ3v) is 11.9. The van der Waals surface area contributed by atoms with Gasteiger partial charge in [0.15, 0.2) is 0 Å². The van der Waals surface area contributed by atoms with Crippen molar-refractivity contribution in [1.29, 1.82) is 0 Å². The highest BCUT2D eigenvalue weighted by atomic mass is 28.3. The van der Waals surface area contributed by atoms with Crippen molar-refractivity contribution >= 4 is 8.24 Å². The van der Waals surface area contributed by atoms with Gasteiger partial charge in [-0.3, -0.25) is 0 Å². The van der Waals surface area contributed by atoms with E-state index >= 15 is 0 Å². The van der Waals surface area contributed by atoms with Crippen LogP contribution in [0.15, 0.2) is 0 Å². The topological polar surface area (TPSA) is 3.24 Å². The predicted molar refractivity (Wildman–Crippen MR) is 194 cm³/mol. The van der Waals surface area contributed by atoms with Crippen molar-refractivity contribution in [2.45, 2.75) is 239 Å². The van der Waals surface area contributed by atoms with Gasteiger partial charge in [-0.05, 0) is 25.9 Å². The quantitative estimate of drug-likeness (QED) is 0.0522. The summed E-state index contributed by atoms with van der Waals surface area (Å²) in [4.78, 5) is 0. The third kappa shape index (κ3) is 32.9. The SMILES string of the molecule is CCCCCCCCCCCCCCCCCCN(CCCCCCCCCCCCCCCCCC)[Si](C)(C)C. The molecule has 0 saturated heterocycles.